The molecule has 2 rings (SSSR count). The van der Waals surface area contributed by atoms with Gasteiger partial charge in [-0.05, 0) is 37.1 Å². The molecule has 1 saturated heterocycles. The fourth-order valence-electron chi connectivity index (χ4n) is 2.71. The van der Waals surface area contributed by atoms with Gasteiger partial charge in [0.15, 0.2) is 0 Å². The van der Waals surface area contributed by atoms with Crippen LogP contribution in [0.4, 0.5) is 10.1 Å². The summed E-state index contributed by atoms with van der Waals surface area (Å²) in [7, 11) is 0. The number of rotatable bonds is 5. The van der Waals surface area contributed by atoms with Crippen LogP contribution in [0.1, 0.15) is 26.7 Å². The SMILES string of the molecule is CCC(C)C(=O)NCC(=O)N1CCCN(c2ccc(F)cc2)CC1. The van der Waals surface area contributed by atoms with Crippen molar-refractivity contribution in [2.45, 2.75) is 26.7 Å². The standard InChI is InChI=1S/C18H26FN3O2/c1-3-14(2)18(24)20-13-17(23)22-10-4-9-21(11-12-22)16-7-5-15(19)6-8-16/h5-8,14H,3-4,9-13H2,1-2H3,(H,20,24). The highest BCUT2D eigenvalue weighted by atomic mass is 19.1. The van der Waals surface area contributed by atoms with E-state index in [1.54, 1.807) is 17.0 Å². The smallest absolute Gasteiger partial charge is 0.242 e. The Morgan fingerprint density at radius 3 is 2.54 bits per heavy atom. The number of amides is 2. The average Bonchev–Trinajstić information content (AvgIpc) is 2.85. The van der Waals surface area contributed by atoms with Gasteiger partial charge in [-0.15, -0.1) is 0 Å². The first-order valence-electron chi connectivity index (χ1n) is 8.57. The molecule has 1 heterocycles. The Bertz CT molecular complexity index is 562. The Labute approximate surface area is 142 Å². The molecule has 0 aliphatic carbocycles. The van der Waals surface area contributed by atoms with Gasteiger partial charge >= 0.3 is 0 Å². The number of hydrogen-bond donors (Lipinski definition) is 1. The van der Waals surface area contributed by atoms with Crippen LogP contribution in [-0.4, -0.2) is 49.4 Å². The Morgan fingerprint density at radius 2 is 1.88 bits per heavy atom. The second-order valence-corrected chi connectivity index (χ2v) is 6.22. The summed E-state index contributed by atoms with van der Waals surface area (Å²) < 4.78 is 13.0. The Balaban J connectivity index is 1.85. The van der Waals surface area contributed by atoms with Crippen molar-refractivity contribution in [2.75, 3.05) is 37.6 Å². The molecular formula is C18H26FN3O2. The molecule has 1 aromatic carbocycles. The van der Waals surface area contributed by atoms with E-state index in [0.29, 0.717) is 19.6 Å². The molecule has 1 aromatic rings. The van der Waals surface area contributed by atoms with Crippen LogP contribution < -0.4 is 10.2 Å². The first kappa shape index (κ1) is 18.2. The highest BCUT2D eigenvalue weighted by Crippen LogP contribution is 2.17. The van der Waals surface area contributed by atoms with Crippen LogP contribution in [-0.2, 0) is 9.59 Å². The number of nitrogens with zero attached hydrogens (tertiary/aromatic N) is 2. The zero-order valence-corrected chi connectivity index (χ0v) is 14.4. The summed E-state index contributed by atoms with van der Waals surface area (Å²) in [4.78, 5) is 28.0. The van der Waals surface area contributed by atoms with Crippen molar-refractivity contribution in [1.29, 1.82) is 0 Å². The number of halogens is 1. The topological polar surface area (TPSA) is 52.7 Å². The van der Waals surface area contributed by atoms with Crippen molar-refractivity contribution in [3.8, 4) is 0 Å². The van der Waals surface area contributed by atoms with Crippen LogP contribution in [0.25, 0.3) is 0 Å². The Hall–Kier alpha value is -2.11. The summed E-state index contributed by atoms with van der Waals surface area (Å²) in [6.07, 6.45) is 1.61. The maximum atomic E-state index is 13.0. The zero-order chi connectivity index (χ0) is 17.5. The normalized spacial score (nSPS) is 16.5. The molecule has 0 aromatic heterocycles. The van der Waals surface area contributed by atoms with Gasteiger partial charge in [0.05, 0.1) is 6.54 Å². The molecule has 1 N–H and O–H groups in total. The number of anilines is 1. The van der Waals surface area contributed by atoms with Crippen LogP contribution >= 0.6 is 0 Å². The number of nitrogens with one attached hydrogen (secondary N) is 1. The van der Waals surface area contributed by atoms with E-state index in [2.05, 4.69) is 10.2 Å². The first-order chi connectivity index (χ1) is 11.5. The van der Waals surface area contributed by atoms with Gasteiger partial charge in [0.2, 0.25) is 11.8 Å². The molecule has 0 spiro atoms. The molecule has 1 unspecified atom stereocenters. The van der Waals surface area contributed by atoms with E-state index >= 15 is 0 Å². The molecule has 1 aliphatic heterocycles. The van der Waals surface area contributed by atoms with E-state index < -0.39 is 0 Å². The summed E-state index contributed by atoms with van der Waals surface area (Å²) in [5.74, 6) is -0.445. The third-order valence-corrected chi connectivity index (χ3v) is 4.51. The number of benzene rings is 1. The van der Waals surface area contributed by atoms with Crippen LogP contribution in [0.15, 0.2) is 24.3 Å². The Kier molecular flexibility index (Phi) is 6.58. The van der Waals surface area contributed by atoms with Gasteiger partial charge in [0.1, 0.15) is 5.82 Å². The lowest BCUT2D eigenvalue weighted by atomic mass is 10.1. The Morgan fingerprint density at radius 1 is 1.17 bits per heavy atom. The maximum absolute atomic E-state index is 13.0. The number of hydrogen-bond acceptors (Lipinski definition) is 3. The third kappa shape index (κ3) is 4.94. The summed E-state index contributed by atoms with van der Waals surface area (Å²) in [6.45, 7) is 6.67. The minimum absolute atomic E-state index is 0.0485. The monoisotopic (exact) mass is 335 g/mol. The van der Waals surface area contributed by atoms with Crippen molar-refractivity contribution in [3.05, 3.63) is 30.1 Å². The summed E-state index contributed by atoms with van der Waals surface area (Å²) in [5.41, 5.74) is 0.968. The molecular weight excluding hydrogens is 309 g/mol. The van der Waals surface area contributed by atoms with Crippen molar-refractivity contribution >= 4 is 17.5 Å². The highest BCUT2D eigenvalue weighted by molar-refractivity contribution is 5.85. The average molecular weight is 335 g/mol. The summed E-state index contributed by atoms with van der Waals surface area (Å²) in [6, 6.07) is 6.43. The maximum Gasteiger partial charge on any atom is 0.242 e. The highest BCUT2D eigenvalue weighted by Gasteiger charge is 2.20. The molecule has 1 fully saturated rings. The van der Waals surface area contributed by atoms with Gasteiger partial charge < -0.3 is 15.1 Å². The minimum atomic E-state index is -0.248. The molecule has 0 radical (unpaired) electrons. The van der Waals surface area contributed by atoms with Crippen molar-refractivity contribution in [2.24, 2.45) is 5.92 Å². The van der Waals surface area contributed by atoms with Crippen LogP contribution in [0.2, 0.25) is 0 Å². The van der Waals surface area contributed by atoms with Gasteiger partial charge in [-0.2, -0.15) is 0 Å². The second kappa shape index (κ2) is 8.66. The molecule has 132 valence electrons. The third-order valence-electron chi connectivity index (χ3n) is 4.51. The predicted octanol–water partition coefficient (Wildman–Crippen LogP) is 2.03. The lowest BCUT2D eigenvalue weighted by molar-refractivity contribution is -0.133. The molecule has 1 aliphatic rings. The zero-order valence-electron chi connectivity index (χ0n) is 14.4. The van der Waals surface area contributed by atoms with E-state index in [0.717, 1.165) is 25.1 Å². The summed E-state index contributed by atoms with van der Waals surface area (Å²) in [5, 5.41) is 2.71. The summed E-state index contributed by atoms with van der Waals surface area (Å²) >= 11 is 0. The number of carbonyl (C=O) groups excluding carboxylic acids is 2. The van der Waals surface area contributed by atoms with E-state index in [1.165, 1.54) is 12.1 Å². The molecule has 0 saturated carbocycles. The lowest BCUT2D eigenvalue weighted by Crippen LogP contribution is -2.43. The molecule has 0 bridgehead atoms. The van der Waals surface area contributed by atoms with Gasteiger partial charge in [-0.3, -0.25) is 9.59 Å². The van der Waals surface area contributed by atoms with E-state index in [-0.39, 0.29) is 30.1 Å². The fraction of sp³-hybridized carbons (Fsp3) is 0.556. The quantitative estimate of drug-likeness (QED) is 0.896. The second-order valence-electron chi connectivity index (χ2n) is 6.22. The van der Waals surface area contributed by atoms with Gasteiger partial charge in [-0.25, -0.2) is 4.39 Å². The minimum Gasteiger partial charge on any atom is -0.370 e. The van der Waals surface area contributed by atoms with Gasteiger partial charge in [0.25, 0.3) is 0 Å². The van der Waals surface area contributed by atoms with Crippen molar-refractivity contribution in [1.82, 2.24) is 10.2 Å². The molecule has 1 atom stereocenters. The fourth-order valence-corrected chi connectivity index (χ4v) is 2.71. The molecule has 6 heteroatoms. The van der Waals surface area contributed by atoms with Crippen LogP contribution in [0, 0.1) is 11.7 Å². The van der Waals surface area contributed by atoms with Gasteiger partial charge in [-0.1, -0.05) is 13.8 Å². The largest absolute Gasteiger partial charge is 0.370 e. The van der Waals surface area contributed by atoms with Crippen molar-refractivity contribution in [3.63, 3.8) is 0 Å². The number of carbonyl (C=O) groups is 2. The van der Waals surface area contributed by atoms with E-state index in [4.69, 9.17) is 0 Å². The van der Waals surface area contributed by atoms with Crippen LogP contribution in [0.3, 0.4) is 0 Å². The van der Waals surface area contributed by atoms with Gasteiger partial charge in [0, 0.05) is 37.8 Å². The lowest BCUT2D eigenvalue weighted by Gasteiger charge is -2.24. The molecule has 5 nitrogen and oxygen atoms in total. The molecule has 2 amide bonds. The van der Waals surface area contributed by atoms with Crippen molar-refractivity contribution < 1.29 is 14.0 Å². The predicted molar refractivity (Wildman–Crippen MR) is 92.3 cm³/mol. The van der Waals surface area contributed by atoms with Crippen LogP contribution in [0.5, 0.6) is 0 Å². The molecule has 24 heavy (non-hydrogen) atoms. The van der Waals surface area contributed by atoms with E-state index in [1.807, 2.05) is 13.8 Å². The van der Waals surface area contributed by atoms with E-state index in [9.17, 15) is 14.0 Å². The first-order valence-corrected chi connectivity index (χ1v) is 8.57.